The van der Waals surface area contributed by atoms with E-state index in [0.717, 1.165) is 0 Å². The van der Waals surface area contributed by atoms with E-state index in [9.17, 15) is 8.42 Å². The van der Waals surface area contributed by atoms with Gasteiger partial charge in [-0.15, -0.1) is 0 Å². The summed E-state index contributed by atoms with van der Waals surface area (Å²) in [5.41, 5.74) is 5.16. The lowest BCUT2D eigenvalue weighted by atomic mass is 10.5. The van der Waals surface area contributed by atoms with Gasteiger partial charge in [0.15, 0.2) is 9.84 Å². The van der Waals surface area contributed by atoms with Crippen molar-refractivity contribution in [2.45, 2.75) is 4.90 Å². The molecule has 5 heteroatoms. The number of nitrogens with zero attached hydrogens (tertiary/aromatic N) is 1. The molecule has 4 nitrogen and oxygen atoms in total. The van der Waals surface area contributed by atoms with Gasteiger partial charge in [-0.2, -0.15) is 0 Å². The molecule has 0 radical (unpaired) electrons. The van der Waals surface area contributed by atoms with Gasteiger partial charge in [0.1, 0.15) is 0 Å². The molecule has 66 valence electrons. The molecule has 1 heterocycles. The van der Waals surface area contributed by atoms with Gasteiger partial charge in [0.2, 0.25) is 0 Å². The molecule has 0 unspecified atom stereocenters. The molecule has 1 aromatic rings. The zero-order valence-electron chi connectivity index (χ0n) is 6.47. The van der Waals surface area contributed by atoms with E-state index in [1.54, 1.807) is 0 Å². The molecule has 0 saturated heterocycles. The fourth-order valence-corrected chi connectivity index (χ4v) is 1.90. The SMILES string of the molecule is NCCS(=O)(=O)c1ccncc1. The molecule has 2 N–H and O–H groups in total. The molecule has 0 aliphatic carbocycles. The van der Waals surface area contributed by atoms with E-state index >= 15 is 0 Å². The highest BCUT2D eigenvalue weighted by Gasteiger charge is 2.11. The van der Waals surface area contributed by atoms with Crippen LogP contribution >= 0.6 is 0 Å². The molecule has 0 bridgehead atoms. The lowest BCUT2D eigenvalue weighted by Crippen LogP contribution is -2.15. The maximum Gasteiger partial charge on any atom is 0.179 e. The second kappa shape index (κ2) is 3.64. The maximum atomic E-state index is 11.3. The summed E-state index contributed by atoms with van der Waals surface area (Å²) >= 11 is 0. The molecule has 12 heavy (non-hydrogen) atoms. The summed E-state index contributed by atoms with van der Waals surface area (Å²) in [5, 5.41) is 0. The van der Waals surface area contributed by atoms with E-state index in [2.05, 4.69) is 4.98 Å². The average molecular weight is 186 g/mol. The monoisotopic (exact) mass is 186 g/mol. The Bertz CT molecular complexity index is 334. The van der Waals surface area contributed by atoms with Gasteiger partial charge in [-0.3, -0.25) is 4.98 Å². The van der Waals surface area contributed by atoms with Gasteiger partial charge in [-0.25, -0.2) is 8.42 Å². The summed E-state index contributed by atoms with van der Waals surface area (Å²) in [4.78, 5) is 4.00. The maximum absolute atomic E-state index is 11.3. The number of sulfone groups is 1. The number of nitrogens with two attached hydrogens (primary N) is 1. The van der Waals surface area contributed by atoms with Crippen LogP contribution in [0.25, 0.3) is 0 Å². The van der Waals surface area contributed by atoms with Crippen LogP contribution in [0, 0.1) is 0 Å². The van der Waals surface area contributed by atoms with Gasteiger partial charge in [0.25, 0.3) is 0 Å². The van der Waals surface area contributed by atoms with Crippen molar-refractivity contribution in [3.05, 3.63) is 24.5 Å². The first kappa shape index (κ1) is 9.15. The van der Waals surface area contributed by atoms with Crippen LogP contribution in [0.3, 0.4) is 0 Å². The van der Waals surface area contributed by atoms with Crippen molar-refractivity contribution in [2.75, 3.05) is 12.3 Å². The van der Waals surface area contributed by atoms with E-state index in [4.69, 9.17) is 5.73 Å². The van der Waals surface area contributed by atoms with Crippen molar-refractivity contribution >= 4 is 9.84 Å². The summed E-state index contributed by atoms with van der Waals surface area (Å²) in [7, 11) is -3.18. The standard InChI is InChI=1S/C7H10N2O2S/c8-3-6-12(10,11)7-1-4-9-5-2-7/h1-2,4-5H,3,6,8H2. The molecule has 0 aromatic carbocycles. The van der Waals surface area contributed by atoms with Crippen molar-refractivity contribution in [1.29, 1.82) is 0 Å². The molecule has 0 aliphatic rings. The third-order valence-corrected chi connectivity index (χ3v) is 3.16. The van der Waals surface area contributed by atoms with Crippen LogP contribution < -0.4 is 5.73 Å². The molecule has 0 spiro atoms. The van der Waals surface area contributed by atoms with Gasteiger partial charge in [0.05, 0.1) is 10.6 Å². The highest BCUT2D eigenvalue weighted by Crippen LogP contribution is 2.07. The van der Waals surface area contributed by atoms with E-state index in [1.807, 2.05) is 0 Å². The molecule has 0 fully saturated rings. The summed E-state index contributed by atoms with van der Waals surface area (Å²) in [6.45, 7) is 0.144. The average Bonchev–Trinajstić information content (AvgIpc) is 2.06. The fourth-order valence-electron chi connectivity index (χ4n) is 0.819. The first-order valence-electron chi connectivity index (χ1n) is 3.49. The highest BCUT2D eigenvalue weighted by molar-refractivity contribution is 7.91. The Morgan fingerprint density at radius 3 is 2.42 bits per heavy atom. The zero-order chi connectivity index (χ0) is 9.03. The Balaban J connectivity index is 2.99. The fraction of sp³-hybridized carbons (Fsp3) is 0.286. The van der Waals surface area contributed by atoms with Crippen LogP contribution in [0.2, 0.25) is 0 Å². The number of hydrogen-bond donors (Lipinski definition) is 1. The molecular weight excluding hydrogens is 176 g/mol. The van der Waals surface area contributed by atoms with Gasteiger partial charge >= 0.3 is 0 Å². The second-order valence-corrected chi connectivity index (χ2v) is 4.40. The molecule has 0 aliphatic heterocycles. The first-order chi connectivity index (χ1) is 5.67. The minimum Gasteiger partial charge on any atom is -0.329 e. The van der Waals surface area contributed by atoms with Gasteiger partial charge in [0, 0.05) is 18.9 Å². The lowest BCUT2D eigenvalue weighted by molar-refractivity contribution is 0.595. The first-order valence-corrected chi connectivity index (χ1v) is 5.15. The third-order valence-electron chi connectivity index (χ3n) is 1.40. The summed E-state index contributed by atoms with van der Waals surface area (Å²) in [6, 6.07) is 2.93. The molecule has 0 saturated carbocycles. The highest BCUT2D eigenvalue weighted by atomic mass is 32.2. The molecule has 1 rings (SSSR count). The van der Waals surface area contributed by atoms with Crippen molar-refractivity contribution in [3.8, 4) is 0 Å². The predicted molar refractivity (Wildman–Crippen MR) is 45.3 cm³/mol. The van der Waals surface area contributed by atoms with Gasteiger partial charge < -0.3 is 5.73 Å². The Labute approximate surface area is 71.3 Å². The van der Waals surface area contributed by atoms with Gasteiger partial charge in [-0.1, -0.05) is 0 Å². The number of aromatic nitrogens is 1. The Morgan fingerprint density at radius 2 is 1.92 bits per heavy atom. The van der Waals surface area contributed by atoms with Gasteiger partial charge in [-0.05, 0) is 12.1 Å². The number of rotatable bonds is 3. The van der Waals surface area contributed by atoms with Crippen LogP contribution in [-0.2, 0) is 9.84 Å². The largest absolute Gasteiger partial charge is 0.329 e. The Morgan fingerprint density at radius 1 is 1.33 bits per heavy atom. The summed E-state index contributed by atoms with van der Waals surface area (Å²) < 4.78 is 22.6. The molecule has 1 aromatic heterocycles. The number of hydrogen-bond acceptors (Lipinski definition) is 4. The molecule has 0 amide bonds. The third kappa shape index (κ3) is 2.02. The smallest absolute Gasteiger partial charge is 0.179 e. The van der Waals surface area contributed by atoms with Crippen LogP contribution in [-0.4, -0.2) is 25.7 Å². The van der Waals surface area contributed by atoms with E-state index in [1.165, 1.54) is 24.5 Å². The van der Waals surface area contributed by atoms with Crippen LogP contribution in [0.5, 0.6) is 0 Å². The van der Waals surface area contributed by atoms with E-state index in [-0.39, 0.29) is 17.2 Å². The van der Waals surface area contributed by atoms with Crippen molar-refractivity contribution < 1.29 is 8.42 Å². The Kier molecular flexibility index (Phi) is 2.78. The normalized spacial score (nSPS) is 11.4. The van der Waals surface area contributed by atoms with Crippen molar-refractivity contribution in [1.82, 2.24) is 4.98 Å². The Hall–Kier alpha value is -0.940. The summed E-state index contributed by atoms with van der Waals surface area (Å²) in [6.07, 6.45) is 2.90. The lowest BCUT2D eigenvalue weighted by Gasteiger charge is -2.00. The number of pyridine rings is 1. The predicted octanol–water partition coefficient (Wildman–Crippen LogP) is -0.186. The van der Waals surface area contributed by atoms with Crippen molar-refractivity contribution in [3.63, 3.8) is 0 Å². The van der Waals surface area contributed by atoms with Crippen LogP contribution in [0.4, 0.5) is 0 Å². The topological polar surface area (TPSA) is 73.1 Å². The molecular formula is C7H10N2O2S. The van der Waals surface area contributed by atoms with Crippen LogP contribution in [0.1, 0.15) is 0 Å². The van der Waals surface area contributed by atoms with Crippen LogP contribution in [0.15, 0.2) is 29.4 Å². The summed E-state index contributed by atoms with van der Waals surface area (Å²) in [5.74, 6) is -0.0169. The minimum absolute atomic E-state index is 0.0169. The van der Waals surface area contributed by atoms with Crippen molar-refractivity contribution in [2.24, 2.45) is 5.73 Å². The van der Waals surface area contributed by atoms with E-state index in [0.29, 0.717) is 0 Å². The quantitative estimate of drug-likeness (QED) is 0.710. The minimum atomic E-state index is -3.18. The zero-order valence-corrected chi connectivity index (χ0v) is 7.29. The molecule has 0 atom stereocenters. The van der Waals surface area contributed by atoms with E-state index < -0.39 is 9.84 Å². The second-order valence-electron chi connectivity index (χ2n) is 2.29.